The van der Waals surface area contributed by atoms with Gasteiger partial charge in [0.1, 0.15) is 18.2 Å². The van der Waals surface area contributed by atoms with Gasteiger partial charge in [0, 0.05) is 6.54 Å². The molecule has 6 heteroatoms. The summed E-state index contributed by atoms with van der Waals surface area (Å²) in [6.07, 6.45) is 0. The van der Waals surface area contributed by atoms with Crippen LogP contribution in [0.3, 0.4) is 0 Å². The Balaban J connectivity index is 1.69. The Kier molecular flexibility index (Phi) is 3.45. The molecule has 0 atom stereocenters. The molecule has 0 aliphatic carbocycles. The molecule has 2 aromatic heterocycles. The Hall–Kier alpha value is -2.60. The second-order valence-electron chi connectivity index (χ2n) is 4.78. The molecule has 0 bridgehead atoms. The number of hydrogen-bond acceptors (Lipinski definition) is 4. The topological polar surface area (TPSA) is 91.2 Å². The highest BCUT2D eigenvalue weighted by molar-refractivity contribution is 5.91. The van der Waals surface area contributed by atoms with Crippen molar-refractivity contribution in [2.45, 2.75) is 20.1 Å². The number of carbonyl (C=O) groups excluding carboxylic acids is 1. The molecule has 1 amide bonds. The highest BCUT2D eigenvalue weighted by atomic mass is 16.4. The van der Waals surface area contributed by atoms with Crippen LogP contribution in [0.15, 0.2) is 34.7 Å². The molecule has 3 aromatic rings. The molecule has 0 unspecified atom stereocenters. The molecule has 6 nitrogen and oxygen atoms in total. The summed E-state index contributed by atoms with van der Waals surface area (Å²) in [7, 11) is 0. The first-order chi connectivity index (χ1) is 10.2. The number of nitrogens with zero attached hydrogens (tertiary/aromatic N) is 1. The fourth-order valence-electron chi connectivity index (χ4n) is 2.15. The minimum Gasteiger partial charge on any atom is -0.453 e. The number of fused-ring (bicyclic) bond motifs is 1. The van der Waals surface area contributed by atoms with Crippen LogP contribution in [-0.4, -0.2) is 21.0 Å². The lowest BCUT2D eigenvalue weighted by atomic mass is 10.2. The van der Waals surface area contributed by atoms with Gasteiger partial charge in [-0.25, -0.2) is 4.98 Å². The minimum atomic E-state index is -0.310. The normalized spacial score (nSPS) is 11.0. The summed E-state index contributed by atoms with van der Waals surface area (Å²) < 4.78 is 5.18. The summed E-state index contributed by atoms with van der Waals surface area (Å²) in [5.74, 6) is 1.11. The molecule has 3 N–H and O–H groups in total. The first-order valence-corrected chi connectivity index (χ1v) is 6.59. The van der Waals surface area contributed by atoms with Gasteiger partial charge in [0.25, 0.3) is 5.91 Å². The summed E-state index contributed by atoms with van der Waals surface area (Å²) in [6, 6.07) is 8.91. The highest BCUT2D eigenvalue weighted by Gasteiger charge is 2.10. The lowest BCUT2D eigenvalue weighted by Gasteiger charge is -2.03. The molecule has 1 aromatic carbocycles. The Labute approximate surface area is 120 Å². The van der Waals surface area contributed by atoms with Crippen molar-refractivity contribution >= 4 is 16.9 Å². The van der Waals surface area contributed by atoms with E-state index in [0.717, 1.165) is 22.4 Å². The van der Waals surface area contributed by atoms with Crippen LogP contribution in [-0.2, 0) is 13.2 Å². The minimum absolute atomic E-state index is 0.192. The van der Waals surface area contributed by atoms with Gasteiger partial charge in [-0.1, -0.05) is 6.07 Å². The Bertz CT molecular complexity index is 788. The van der Waals surface area contributed by atoms with Crippen molar-refractivity contribution in [3.63, 3.8) is 0 Å². The molecule has 21 heavy (non-hydrogen) atoms. The number of amides is 1. The number of aliphatic hydroxyl groups is 1. The van der Waals surface area contributed by atoms with Crippen LogP contribution in [0.5, 0.6) is 0 Å². The molecule has 0 radical (unpaired) electrons. The maximum absolute atomic E-state index is 11.9. The molecule has 2 heterocycles. The summed E-state index contributed by atoms with van der Waals surface area (Å²) in [5, 5.41) is 11.7. The molecule has 108 valence electrons. The van der Waals surface area contributed by atoms with Gasteiger partial charge >= 0.3 is 0 Å². The van der Waals surface area contributed by atoms with Gasteiger partial charge in [-0.3, -0.25) is 4.79 Å². The number of furan rings is 1. The third kappa shape index (κ3) is 2.80. The molecule has 0 spiro atoms. The number of aliphatic hydroxyl groups excluding tert-OH is 1. The zero-order valence-electron chi connectivity index (χ0n) is 11.5. The van der Waals surface area contributed by atoms with Gasteiger partial charge in [0.05, 0.1) is 11.0 Å². The standard InChI is InChI=1S/C15H15N3O3/c1-9-17-12-4-2-10(6-13(12)18-9)7-16-15(20)14-5-3-11(8-19)21-14/h2-6,19H,7-8H2,1H3,(H,16,20)(H,17,18). The van der Waals surface area contributed by atoms with E-state index < -0.39 is 0 Å². The van der Waals surface area contributed by atoms with Crippen LogP contribution in [0, 0.1) is 6.92 Å². The molecule has 0 aliphatic heterocycles. The van der Waals surface area contributed by atoms with Crippen LogP contribution in [0.2, 0.25) is 0 Å². The van der Waals surface area contributed by atoms with Crippen molar-refractivity contribution in [2.24, 2.45) is 0 Å². The van der Waals surface area contributed by atoms with Gasteiger partial charge in [0.2, 0.25) is 0 Å². The number of rotatable bonds is 4. The molecule has 0 aliphatic rings. The van der Waals surface area contributed by atoms with Gasteiger partial charge in [-0.2, -0.15) is 0 Å². The van der Waals surface area contributed by atoms with Crippen molar-refractivity contribution in [1.29, 1.82) is 0 Å². The van der Waals surface area contributed by atoms with Crippen LogP contribution >= 0.6 is 0 Å². The molecule has 0 saturated carbocycles. The third-order valence-electron chi connectivity index (χ3n) is 3.16. The van der Waals surface area contributed by atoms with Crippen molar-refractivity contribution in [3.05, 3.63) is 53.2 Å². The predicted octanol–water partition coefficient (Wildman–Crippen LogP) is 1.89. The monoisotopic (exact) mass is 285 g/mol. The maximum atomic E-state index is 11.9. The number of aryl methyl sites for hydroxylation is 1. The Morgan fingerprint density at radius 2 is 2.24 bits per heavy atom. The van der Waals surface area contributed by atoms with E-state index in [-0.39, 0.29) is 18.3 Å². The Morgan fingerprint density at radius 3 is 3.00 bits per heavy atom. The van der Waals surface area contributed by atoms with E-state index >= 15 is 0 Å². The predicted molar refractivity (Wildman–Crippen MR) is 76.6 cm³/mol. The number of benzene rings is 1. The van der Waals surface area contributed by atoms with Gasteiger partial charge < -0.3 is 19.8 Å². The van der Waals surface area contributed by atoms with Crippen LogP contribution in [0.4, 0.5) is 0 Å². The fourth-order valence-corrected chi connectivity index (χ4v) is 2.15. The number of aromatic amines is 1. The van der Waals surface area contributed by atoms with E-state index in [1.807, 2.05) is 25.1 Å². The second-order valence-corrected chi connectivity index (χ2v) is 4.78. The SMILES string of the molecule is Cc1nc2ccc(CNC(=O)c3ccc(CO)o3)cc2[nH]1. The number of hydrogen-bond donors (Lipinski definition) is 3. The lowest BCUT2D eigenvalue weighted by molar-refractivity contribution is 0.0918. The molecule has 3 rings (SSSR count). The highest BCUT2D eigenvalue weighted by Crippen LogP contribution is 2.14. The van der Waals surface area contributed by atoms with E-state index in [9.17, 15) is 4.79 Å². The van der Waals surface area contributed by atoms with Crippen LogP contribution in [0.1, 0.15) is 27.7 Å². The quantitative estimate of drug-likeness (QED) is 0.682. The average Bonchev–Trinajstić information content (AvgIpc) is 3.09. The fraction of sp³-hybridized carbons (Fsp3) is 0.200. The van der Waals surface area contributed by atoms with Crippen molar-refractivity contribution in [1.82, 2.24) is 15.3 Å². The van der Waals surface area contributed by atoms with E-state index in [1.54, 1.807) is 12.1 Å². The van der Waals surface area contributed by atoms with E-state index in [4.69, 9.17) is 9.52 Å². The summed E-state index contributed by atoms with van der Waals surface area (Å²) in [4.78, 5) is 19.4. The van der Waals surface area contributed by atoms with E-state index in [0.29, 0.717) is 12.3 Å². The molecule has 0 saturated heterocycles. The molecule has 0 fully saturated rings. The van der Waals surface area contributed by atoms with E-state index in [1.165, 1.54) is 0 Å². The first-order valence-electron chi connectivity index (χ1n) is 6.59. The van der Waals surface area contributed by atoms with Gasteiger partial charge in [-0.05, 0) is 36.8 Å². The molecular weight excluding hydrogens is 270 g/mol. The number of aromatic nitrogens is 2. The largest absolute Gasteiger partial charge is 0.453 e. The maximum Gasteiger partial charge on any atom is 0.287 e. The molecular formula is C15H15N3O3. The lowest BCUT2D eigenvalue weighted by Crippen LogP contribution is -2.22. The van der Waals surface area contributed by atoms with Gasteiger partial charge in [0.15, 0.2) is 5.76 Å². The summed E-state index contributed by atoms with van der Waals surface area (Å²) in [6.45, 7) is 2.07. The smallest absolute Gasteiger partial charge is 0.287 e. The zero-order chi connectivity index (χ0) is 14.8. The Morgan fingerprint density at radius 1 is 1.38 bits per heavy atom. The van der Waals surface area contributed by atoms with Crippen molar-refractivity contribution in [2.75, 3.05) is 0 Å². The van der Waals surface area contributed by atoms with Crippen molar-refractivity contribution < 1.29 is 14.3 Å². The number of H-pyrrole nitrogens is 1. The average molecular weight is 285 g/mol. The number of imidazole rings is 1. The zero-order valence-corrected chi connectivity index (χ0v) is 11.5. The van der Waals surface area contributed by atoms with Gasteiger partial charge in [-0.15, -0.1) is 0 Å². The summed E-state index contributed by atoms with van der Waals surface area (Å²) in [5.41, 5.74) is 2.81. The van der Waals surface area contributed by atoms with Crippen LogP contribution < -0.4 is 5.32 Å². The third-order valence-corrected chi connectivity index (χ3v) is 3.16. The summed E-state index contributed by atoms with van der Waals surface area (Å²) >= 11 is 0. The number of nitrogens with one attached hydrogen (secondary N) is 2. The first kappa shape index (κ1) is 13.4. The van der Waals surface area contributed by atoms with E-state index in [2.05, 4.69) is 15.3 Å². The second kappa shape index (κ2) is 5.41. The van der Waals surface area contributed by atoms with Crippen LogP contribution in [0.25, 0.3) is 11.0 Å². The number of carbonyl (C=O) groups is 1. The van der Waals surface area contributed by atoms with Crippen molar-refractivity contribution in [3.8, 4) is 0 Å².